The summed E-state index contributed by atoms with van der Waals surface area (Å²) in [7, 11) is 0. The minimum Gasteiger partial charge on any atom is -0.484 e. The van der Waals surface area contributed by atoms with Gasteiger partial charge in [0.1, 0.15) is 17.6 Å². The van der Waals surface area contributed by atoms with Crippen LogP contribution in [0, 0.1) is 0 Å². The number of carboxylic acid groups (broad SMARTS) is 1. The standard InChI is InChI=1S/C17H12F2O5/c18-17(19,16(21)22)24-11-6-7-12-13(20)9-14(23-15(12)8-11)10-4-2-1-3-5-10/h1-8,14H,9H2,(H,21,22). The van der Waals surface area contributed by atoms with E-state index in [1.165, 1.54) is 6.07 Å². The number of benzene rings is 2. The largest absolute Gasteiger partial charge is 0.501 e. The molecule has 1 aliphatic rings. The summed E-state index contributed by atoms with van der Waals surface area (Å²) in [5, 5.41) is 8.41. The summed E-state index contributed by atoms with van der Waals surface area (Å²) in [6.45, 7) is 0. The van der Waals surface area contributed by atoms with Gasteiger partial charge in [0.2, 0.25) is 0 Å². The fourth-order valence-corrected chi connectivity index (χ4v) is 2.41. The highest BCUT2D eigenvalue weighted by Gasteiger charge is 2.42. The van der Waals surface area contributed by atoms with Crippen LogP contribution in [0.5, 0.6) is 11.5 Å². The second-order valence-corrected chi connectivity index (χ2v) is 5.23. The molecule has 0 spiro atoms. The van der Waals surface area contributed by atoms with Crippen molar-refractivity contribution >= 4 is 11.8 Å². The number of halogens is 2. The SMILES string of the molecule is O=C1CC(c2ccccc2)Oc2cc(OC(F)(F)C(=O)O)ccc21. The van der Waals surface area contributed by atoms with Crippen LogP contribution in [0.4, 0.5) is 8.78 Å². The number of ether oxygens (including phenoxy) is 2. The fraction of sp³-hybridized carbons (Fsp3) is 0.176. The first-order chi connectivity index (χ1) is 11.4. The maximum Gasteiger partial charge on any atom is 0.501 e. The van der Waals surface area contributed by atoms with Gasteiger partial charge in [0, 0.05) is 6.07 Å². The average molecular weight is 334 g/mol. The molecule has 0 saturated carbocycles. The second kappa shape index (κ2) is 5.92. The number of carboxylic acids is 1. The van der Waals surface area contributed by atoms with Crippen LogP contribution in [0.3, 0.4) is 0 Å². The van der Waals surface area contributed by atoms with Crippen LogP contribution < -0.4 is 9.47 Å². The Morgan fingerprint density at radius 2 is 1.92 bits per heavy atom. The highest BCUT2D eigenvalue weighted by Crippen LogP contribution is 2.37. The Balaban J connectivity index is 1.89. The van der Waals surface area contributed by atoms with Crippen LogP contribution in [0.2, 0.25) is 0 Å². The quantitative estimate of drug-likeness (QED) is 0.927. The molecule has 0 bridgehead atoms. The number of carbonyl (C=O) groups excluding carboxylic acids is 1. The molecule has 2 aromatic carbocycles. The summed E-state index contributed by atoms with van der Waals surface area (Å²) in [6, 6.07) is 12.5. The molecule has 1 aliphatic heterocycles. The lowest BCUT2D eigenvalue weighted by atomic mass is 9.96. The van der Waals surface area contributed by atoms with E-state index in [2.05, 4.69) is 4.74 Å². The van der Waals surface area contributed by atoms with Crippen molar-refractivity contribution in [1.82, 2.24) is 0 Å². The normalized spacial score (nSPS) is 16.9. The second-order valence-electron chi connectivity index (χ2n) is 5.23. The van der Waals surface area contributed by atoms with Crippen molar-refractivity contribution in [3.8, 4) is 11.5 Å². The fourth-order valence-electron chi connectivity index (χ4n) is 2.41. The highest BCUT2D eigenvalue weighted by molar-refractivity contribution is 6.00. The number of alkyl halides is 2. The van der Waals surface area contributed by atoms with Gasteiger partial charge in [-0.2, -0.15) is 8.78 Å². The van der Waals surface area contributed by atoms with E-state index >= 15 is 0 Å². The monoisotopic (exact) mass is 334 g/mol. The summed E-state index contributed by atoms with van der Waals surface area (Å²) in [5.74, 6) is -2.91. The Bertz CT molecular complexity index is 789. The number of ketones is 1. The maximum atomic E-state index is 13.2. The molecule has 0 aromatic heterocycles. The summed E-state index contributed by atoms with van der Waals surface area (Å²) in [5.41, 5.74) is 1.02. The maximum absolute atomic E-state index is 13.2. The van der Waals surface area contributed by atoms with E-state index in [0.29, 0.717) is 0 Å². The third-order valence-electron chi connectivity index (χ3n) is 3.56. The molecule has 0 fully saturated rings. The Hall–Kier alpha value is -2.96. The molecule has 0 saturated heterocycles. The van der Waals surface area contributed by atoms with Crippen LogP contribution in [0.1, 0.15) is 28.4 Å². The minimum absolute atomic E-state index is 0.0822. The number of aliphatic carboxylic acids is 1. The van der Waals surface area contributed by atoms with E-state index in [0.717, 1.165) is 17.7 Å². The molecule has 1 unspecified atom stereocenters. The Kier molecular flexibility index (Phi) is 3.92. The zero-order valence-corrected chi connectivity index (χ0v) is 12.2. The van der Waals surface area contributed by atoms with Crippen molar-refractivity contribution in [2.75, 3.05) is 0 Å². The Morgan fingerprint density at radius 1 is 1.21 bits per heavy atom. The lowest BCUT2D eigenvalue weighted by Crippen LogP contribution is -2.34. The number of hydrogen-bond acceptors (Lipinski definition) is 4. The topological polar surface area (TPSA) is 72.8 Å². The van der Waals surface area contributed by atoms with Gasteiger partial charge in [-0.25, -0.2) is 4.79 Å². The zero-order valence-electron chi connectivity index (χ0n) is 12.2. The van der Waals surface area contributed by atoms with Crippen molar-refractivity contribution in [2.45, 2.75) is 18.6 Å². The van der Waals surface area contributed by atoms with Crippen LogP contribution in [0.25, 0.3) is 0 Å². The number of hydrogen-bond donors (Lipinski definition) is 1. The van der Waals surface area contributed by atoms with Gasteiger partial charge in [0.15, 0.2) is 5.78 Å². The van der Waals surface area contributed by atoms with E-state index in [1.807, 2.05) is 6.07 Å². The molecule has 7 heteroatoms. The smallest absolute Gasteiger partial charge is 0.484 e. The highest BCUT2D eigenvalue weighted by atomic mass is 19.3. The van der Waals surface area contributed by atoms with Gasteiger partial charge >= 0.3 is 12.1 Å². The molecule has 2 aromatic rings. The van der Waals surface area contributed by atoms with E-state index in [-0.39, 0.29) is 23.5 Å². The zero-order chi connectivity index (χ0) is 17.3. The van der Waals surface area contributed by atoms with Gasteiger partial charge in [-0.3, -0.25) is 4.79 Å². The van der Waals surface area contributed by atoms with Gasteiger partial charge in [-0.1, -0.05) is 30.3 Å². The summed E-state index contributed by atoms with van der Waals surface area (Å²) in [6.07, 6.45) is -4.78. The van der Waals surface area contributed by atoms with Crippen LogP contribution in [-0.2, 0) is 4.79 Å². The predicted octanol–water partition coefficient (Wildman–Crippen LogP) is 3.45. The van der Waals surface area contributed by atoms with Gasteiger partial charge < -0.3 is 14.6 Å². The van der Waals surface area contributed by atoms with Crippen LogP contribution in [-0.4, -0.2) is 23.0 Å². The van der Waals surface area contributed by atoms with Gasteiger partial charge in [0.05, 0.1) is 12.0 Å². The lowest BCUT2D eigenvalue weighted by Gasteiger charge is -2.26. The van der Waals surface area contributed by atoms with Gasteiger partial charge in [-0.05, 0) is 17.7 Å². The van der Waals surface area contributed by atoms with Crippen molar-refractivity contribution in [2.24, 2.45) is 0 Å². The number of Topliss-reactive ketones (excluding diaryl/α,β-unsaturated/α-hetero) is 1. The van der Waals surface area contributed by atoms with Crippen molar-refractivity contribution in [3.63, 3.8) is 0 Å². The first-order valence-electron chi connectivity index (χ1n) is 7.06. The Labute approximate surface area is 135 Å². The number of fused-ring (bicyclic) bond motifs is 1. The molecule has 3 rings (SSSR count). The number of rotatable bonds is 4. The van der Waals surface area contributed by atoms with Gasteiger partial charge in [-0.15, -0.1) is 0 Å². The van der Waals surface area contributed by atoms with Crippen LogP contribution in [0.15, 0.2) is 48.5 Å². The average Bonchev–Trinajstić information content (AvgIpc) is 2.54. The Morgan fingerprint density at radius 3 is 2.58 bits per heavy atom. The third-order valence-corrected chi connectivity index (χ3v) is 3.56. The third kappa shape index (κ3) is 3.05. The molecule has 1 heterocycles. The molecule has 0 amide bonds. The van der Waals surface area contributed by atoms with Crippen molar-refractivity contribution in [3.05, 3.63) is 59.7 Å². The first-order valence-corrected chi connectivity index (χ1v) is 7.06. The van der Waals surface area contributed by atoms with Gasteiger partial charge in [0.25, 0.3) is 0 Å². The predicted molar refractivity (Wildman–Crippen MR) is 78.4 cm³/mol. The molecular formula is C17H12F2O5. The molecule has 0 radical (unpaired) electrons. The molecule has 1 atom stereocenters. The molecular weight excluding hydrogens is 322 g/mol. The molecule has 5 nitrogen and oxygen atoms in total. The van der Waals surface area contributed by atoms with E-state index in [9.17, 15) is 18.4 Å². The first kappa shape index (κ1) is 15.9. The number of carbonyl (C=O) groups is 2. The molecule has 24 heavy (non-hydrogen) atoms. The molecule has 0 aliphatic carbocycles. The van der Waals surface area contributed by atoms with E-state index in [1.54, 1.807) is 24.3 Å². The summed E-state index contributed by atoms with van der Waals surface area (Å²) >= 11 is 0. The summed E-state index contributed by atoms with van der Waals surface area (Å²) < 4.78 is 36.2. The molecule has 124 valence electrons. The van der Waals surface area contributed by atoms with E-state index in [4.69, 9.17) is 9.84 Å². The van der Waals surface area contributed by atoms with Crippen molar-refractivity contribution in [1.29, 1.82) is 0 Å². The minimum atomic E-state index is -4.37. The lowest BCUT2D eigenvalue weighted by molar-refractivity contribution is -0.210. The van der Waals surface area contributed by atoms with Crippen LogP contribution >= 0.6 is 0 Å². The van der Waals surface area contributed by atoms with E-state index < -0.39 is 23.9 Å². The van der Waals surface area contributed by atoms with Crippen molar-refractivity contribution < 1.29 is 33.0 Å². The molecule has 1 N–H and O–H groups in total. The summed E-state index contributed by atoms with van der Waals surface area (Å²) in [4.78, 5) is 22.7.